The van der Waals surface area contributed by atoms with Crippen LogP contribution in [0.5, 0.6) is 0 Å². The monoisotopic (exact) mass is 389 g/mol. The SMILES string of the molecule is CCc1ccc(C(=O)NC(C(=O)O)c2cccc(C)c2C)cc1S(C)(=O)=O. The third-order valence-electron chi connectivity index (χ3n) is 4.59. The Balaban J connectivity index is 2.42. The van der Waals surface area contributed by atoms with Crippen molar-refractivity contribution in [2.45, 2.75) is 38.1 Å². The van der Waals surface area contributed by atoms with Crippen molar-refractivity contribution in [3.05, 3.63) is 64.2 Å². The Morgan fingerprint density at radius 2 is 1.81 bits per heavy atom. The summed E-state index contributed by atoms with van der Waals surface area (Å²) in [6.07, 6.45) is 1.59. The van der Waals surface area contributed by atoms with Gasteiger partial charge in [0, 0.05) is 11.8 Å². The Hall–Kier alpha value is -2.67. The summed E-state index contributed by atoms with van der Waals surface area (Å²) in [5, 5.41) is 12.1. The minimum absolute atomic E-state index is 0.0799. The highest BCUT2D eigenvalue weighted by Crippen LogP contribution is 2.23. The van der Waals surface area contributed by atoms with E-state index < -0.39 is 27.8 Å². The summed E-state index contributed by atoms with van der Waals surface area (Å²) in [5.74, 6) is -1.83. The summed E-state index contributed by atoms with van der Waals surface area (Å²) in [7, 11) is -3.51. The van der Waals surface area contributed by atoms with E-state index in [0.29, 0.717) is 17.5 Å². The molecule has 0 fully saturated rings. The first kappa shape index (κ1) is 20.6. The van der Waals surface area contributed by atoms with Gasteiger partial charge in [0.05, 0.1) is 4.90 Å². The van der Waals surface area contributed by atoms with Gasteiger partial charge < -0.3 is 10.4 Å². The number of aliphatic carboxylic acids is 1. The van der Waals surface area contributed by atoms with Gasteiger partial charge in [0.15, 0.2) is 15.9 Å². The number of benzene rings is 2. The summed E-state index contributed by atoms with van der Waals surface area (Å²) >= 11 is 0. The molecule has 1 unspecified atom stereocenters. The number of carboxylic acids is 1. The van der Waals surface area contributed by atoms with Crippen LogP contribution >= 0.6 is 0 Å². The van der Waals surface area contributed by atoms with Gasteiger partial charge in [-0.3, -0.25) is 4.79 Å². The third kappa shape index (κ3) is 4.54. The smallest absolute Gasteiger partial charge is 0.330 e. The number of carbonyl (C=O) groups excluding carboxylic acids is 1. The van der Waals surface area contributed by atoms with Gasteiger partial charge in [0.2, 0.25) is 0 Å². The van der Waals surface area contributed by atoms with Gasteiger partial charge in [-0.1, -0.05) is 31.2 Å². The lowest BCUT2D eigenvalue weighted by molar-refractivity contribution is -0.139. The predicted molar refractivity (Wildman–Crippen MR) is 103 cm³/mol. The van der Waals surface area contributed by atoms with E-state index in [1.54, 1.807) is 25.1 Å². The van der Waals surface area contributed by atoms with Crippen molar-refractivity contribution < 1.29 is 23.1 Å². The van der Waals surface area contributed by atoms with Crippen molar-refractivity contribution in [1.82, 2.24) is 5.32 Å². The van der Waals surface area contributed by atoms with Gasteiger partial charge in [-0.05, 0) is 54.7 Å². The molecule has 1 amide bonds. The zero-order valence-electron chi connectivity index (χ0n) is 15.7. The molecule has 144 valence electrons. The van der Waals surface area contributed by atoms with Gasteiger partial charge in [-0.2, -0.15) is 0 Å². The molecule has 2 aromatic carbocycles. The lowest BCUT2D eigenvalue weighted by atomic mass is 9.97. The summed E-state index contributed by atoms with van der Waals surface area (Å²) in [5.41, 5.74) is 2.90. The van der Waals surface area contributed by atoms with Gasteiger partial charge in [-0.15, -0.1) is 0 Å². The molecule has 0 aliphatic carbocycles. The van der Waals surface area contributed by atoms with Crippen LogP contribution in [0.4, 0.5) is 0 Å². The van der Waals surface area contributed by atoms with E-state index >= 15 is 0 Å². The van der Waals surface area contributed by atoms with E-state index in [4.69, 9.17) is 0 Å². The van der Waals surface area contributed by atoms with Crippen molar-refractivity contribution in [2.75, 3.05) is 6.26 Å². The Morgan fingerprint density at radius 3 is 2.37 bits per heavy atom. The fourth-order valence-electron chi connectivity index (χ4n) is 2.91. The molecule has 0 heterocycles. The molecular formula is C20H23NO5S. The van der Waals surface area contributed by atoms with Gasteiger partial charge in [-0.25, -0.2) is 13.2 Å². The summed E-state index contributed by atoms with van der Waals surface area (Å²) in [6, 6.07) is 8.41. The second-order valence-electron chi connectivity index (χ2n) is 6.48. The van der Waals surface area contributed by atoms with Crippen LogP contribution in [0.15, 0.2) is 41.3 Å². The molecule has 0 radical (unpaired) electrons. The second kappa shape index (κ2) is 7.92. The Bertz CT molecular complexity index is 995. The third-order valence-corrected chi connectivity index (χ3v) is 5.77. The van der Waals surface area contributed by atoms with Crippen LogP contribution in [0.3, 0.4) is 0 Å². The van der Waals surface area contributed by atoms with E-state index in [1.807, 2.05) is 19.9 Å². The first-order valence-electron chi connectivity index (χ1n) is 8.49. The standard InChI is InChI=1S/C20H23NO5S/c1-5-14-9-10-15(11-17(14)27(4,25)26)19(22)21-18(20(23)24)16-8-6-7-12(2)13(16)3/h6-11,18H,5H2,1-4H3,(H,21,22)(H,23,24). The average molecular weight is 389 g/mol. The largest absolute Gasteiger partial charge is 0.479 e. The molecule has 7 heteroatoms. The number of sulfone groups is 1. The van der Waals surface area contributed by atoms with Crippen molar-refractivity contribution >= 4 is 21.7 Å². The number of amides is 1. The maximum absolute atomic E-state index is 12.6. The highest BCUT2D eigenvalue weighted by atomic mass is 32.2. The minimum Gasteiger partial charge on any atom is -0.479 e. The van der Waals surface area contributed by atoms with Crippen molar-refractivity contribution in [3.8, 4) is 0 Å². The van der Waals surface area contributed by atoms with E-state index in [-0.39, 0.29) is 10.5 Å². The van der Waals surface area contributed by atoms with Crippen LogP contribution < -0.4 is 5.32 Å². The normalized spacial score (nSPS) is 12.4. The number of carboxylic acid groups (broad SMARTS) is 1. The first-order chi connectivity index (χ1) is 12.6. The summed E-state index contributed by atoms with van der Waals surface area (Å²) < 4.78 is 24.0. The van der Waals surface area contributed by atoms with E-state index in [0.717, 1.165) is 17.4 Å². The lowest BCUT2D eigenvalue weighted by Crippen LogP contribution is -2.34. The molecule has 0 aromatic heterocycles. The number of carbonyl (C=O) groups is 2. The molecular weight excluding hydrogens is 366 g/mol. The molecule has 0 aliphatic rings. The molecule has 2 aromatic rings. The molecule has 1 atom stereocenters. The van der Waals surface area contributed by atoms with Crippen molar-refractivity contribution in [1.29, 1.82) is 0 Å². The maximum Gasteiger partial charge on any atom is 0.330 e. The number of hydrogen-bond acceptors (Lipinski definition) is 4. The molecule has 0 bridgehead atoms. The van der Waals surface area contributed by atoms with Crippen LogP contribution in [0, 0.1) is 13.8 Å². The highest BCUT2D eigenvalue weighted by Gasteiger charge is 2.25. The van der Waals surface area contributed by atoms with Crippen LogP contribution in [-0.4, -0.2) is 31.7 Å². The Labute approximate surface area is 159 Å². The summed E-state index contributed by atoms with van der Waals surface area (Å²) in [6.45, 7) is 5.48. The van der Waals surface area contributed by atoms with Crippen molar-refractivity contribution in [3.63, 3.8) is 0 Å². The topological polar surface area (TPSA) is 101 Å². The molecule has 0 saturated heterocycles. The molecule has 27 heavy (non-hydrogen) atoms. The molecule has 0 saturated carbocycles. The quantitative estimate of drug-likeness (QED) is 0.791. The fraction of sp³-hybridized carbons (Fsp3) is 0.300. The van der Waals surface area contributed by atoms with Crippen molar-refractivity contribution in [2.24, 2.45) is 0 Å². The van der Waals surface area contributed by atoms with E-state index in [9.17, 15) is 23.1 Å². The Morgan fingerprint density at radius 1 is 1.15 bits per heavy atom. The highest BCUT2D eigenvalue weighted by molar-refractivity contribution is 7.90. The van der Waals surface area contributed by atoms with Gasteiger partial charge in [0.1, 0.15) is 0 Å². The first-order valence-corrected chi connectivity index (χ1v) is 10.4. The van der Waals surface area contributed by atoms with Crippen LogP contribution in [-0.2, 0) is 21.1 Å². The Kier molecular flexibility index (Phi) is 6.05. The molecule has 0 aliphatic heterocycles. The molecule has 2 rings (SSSR count). The number of aryl methyl sites for hydroxylation is 2. The van der Waals surface area contributed by atoms with Gasteiger partial charge in [0.25, 0.3) is 5.91 Å². The van der Waals surface area contributed by atoms with Crippen LogP contribution in [0.25, 0.3) is 0 Å². The van der Waals surface area contributed by atoms with Crippen LogP contribution in [0.2, 0.25) is 0 Å². The second-order valence-corrected chi connectivity index (χ2v) is 8.47. The number of hydrogen-bond donors (Lipinski definition) is 2. The van der Waals surface area contributed by atoms with Crippen LogP contribution in [0.1, 0.15) is 45.6 Å². The maximum atomic E-state index is 12.6. The van der Waals surface area contributed by atoms with E-state index in [1.165, 1.54) is 12.1 Å². The zero-order valence-corrected chi connectivity index (χ0v) is 16.6. The number of rotatable bonds is 6. The average Bonchev–Trinajstić information content (AvgIpc) is 2.60. The minimum atomic E-state index is -3.51. The molecule has 6 nitrogen and oxygen atoms in total. The van der Waals surface area contributed by atoms with Gasteiger partial charge >= 0.3 is 5.97 Å². The lowest BCUT2D eigenvalue weighted by Gasteiger charge is -2.18. The fourth-order valence-corrected chi connectivity index (χ4v) is 3.94. The van der Waals surface area contributed by atoms with E-state index in [2.05, 4.69) is 5.32 Å². The summed E-state index contributed by atoms with van der Waals surface area (Å²) in [4.78, 5) is 24.5. The zero-order chi connectivity index (χ0) is 20.4. The molecule has 0 spiro atoms. The number of nitrogens with one attached hydrogen (secondary N) is 1. The predicted octanol–water partition coefficient (Wildman–Crippen LogP) is 2.83. The molecule has 2 N–H and O–H groups in total.